The standard InChI is InChI=1S/C12H15FN2S2/c1-17-8-3-2-7-15-10-6-4-5-9(13)11(10)14-12(15)16/h4-6H,2-3,7-8H2,1H3,(H,14,16). The Hall–Kier alpha value is -0.810. The highest BCUT2D eigenvalue weighted by Gasteiger charge is 2.07. The number of fused-ring (bicyclic) bond motifs is 1. The summed E-state index contributed by atoms with van der Waals surface area (Å²) in [5.74, 6) is 0.917. The molecule has 0 amide bonds. The zero-order chi connectivity index (χ0) is 12.3. The Balaban J connectivity index is 2.25. The van der Waals surface area contributed by atoms with Crippen molar-refractivity contribution < 1.29 is 4.39 Å². The van der Waals surface area contributed by atoms with Gasteiger partial charge in [0.25, 0.3) is 0 Å². The summed E-state index contributed by atoms with van der Waals surface area (Å²) in [4.78, 5) is 2.93. The Labute approximate surface area is 109 Å². The van der Waals surface area contributed by atoms with Crippen LogP contribution in [-0.2, 0) is 6.54 Å². The van der Waals surface area contributed by atoms with Gasteiger partial charge in [0.05, 0.1) is 5.52 Å². The molecule has 2 rings (SSSR count). The molecule has 1 aromatic carbocycles. The molecule has 0 radical (unpaired) electrons. The number of aryl methyl sites for hydroxylation is 1. The summed E-state index contributed by atoms with van der Waals surface area (Å²) in [5.41, 5.74) is 1.38. The zero-order valence-electron chi connectivity index (χ0n) is 9.70. The molecule has 0 spiro atoms. The normalized spacial score (nSPS) is 11.2. The van der Waals surface area contributed by atoms with Crippen LogP contribution in [0.5, 0.6) is 0 Å². The van der Waals surface area contributed by atoms with Gasteiger partial charge in [-0.2, -0.15) is 11.8 Å². The van der Waals surface area contributed by atoms with E-state index in [2.05, 4.69) is 11.2 Å². The van der Waals surface area contributed by atoms with Crippen LogP contribution < -0.4 is 0 Å². The Morgan fingerprint density at radius 2 is 2.24 bits per heavy atom. The van der Waals surface area contributed by atoms with E-state index in [0.717, 1.165) is 30.7 Å². The fourth-order valence-corrected chi connectivity index (χ4v) is 2.67. The van der Waals surface area contributed by atoms with Gasteiger partial charge in [0, 0.05) is 6.54 Å². The fraction of sp³-hybridized carbons (Fsp3) is 0.417. The highest BCUT2D eigenvalue weighted by molar-refractivity contribution is 7.98. The number of H-pyrrole nitrogens is 1. The molecule has 1 aromatic heterocycles. The summed E-state index contributed by atoms with van der Waals surface area (Å²) < 4.78 is 16.1. The molecule has 2 nitrogen and oxygen atoms in total. The van der Waals surface area contributed by atoms with Crippen molar-refractivity contribution in [1.29, 1.82) is 0 Å². The average Bonchev–Trinajstić information content (AvgIpc) is 2.63. The molecule has 5 heteroatoms. The smallest absolute Gasteiger partial charge is 0.178 e. The van der Waals surface area contributed by atoms with Gasteiger partial charge in [0.1, 0.15) is 11.3 Å². The fourth-order valence-electron chi connectivity index (χ4n) is 1.88. The number of halogens is 1. The van der Waals surface area contributed by atoms with E-state index < -0.39 is 0 Å². The van der Waals surface area contributed by atoms with Crippen LogP contribution >= 0.6 is 24.0 Å². The van der Waals surface area contributed by atoms with Crippen LogP contribution in [0.2, 0.25) is 0 Å². The molecule has 0 unspecified atom stereocenters. The molecule has 0 aliphatic carbocycles. The van der Waals surface area contributed by atoms with Gasteiger partial charge < -0.3 is 9.55 Å². The minimum absolute atomic E-state index is 0.239. The summed E-state index contributed by atoms with van der Waals surface area (Å²) in [6.45, 7) is 0.850. The lowest BCUT2D eigenvalue weighted by Crippen LogP contribution is -1.98. The number of imidazole rings is 1. The molecule has 1 N–H and O–H groups in total. The van der Waals surface area contributed by atoms with E-state index in [1.807, 2.05) is 22.4 Å². The van der Waals surface area contributed by atoms with Crippen molar-refractivity contribution in [2.24, 2.45) is 0 Å². The van der Waals surface area contributed by atoms with Crippen LogP contribution in [0.15, 0.2) is 18.2 Å². The van der Waals surface area contributed by atoms with Crippen molar-refractivity contribution in [1.82, 2.24) is 9.55 Å². The number of aromatic amines is 1. The van der Waals surface area contributed by atoms with E-state index in [9.17, 15) is 4.39 Å². The first kappa shape index (κ1) is 12.6. The van der Waals surface area contributed by atoms with E-state index >= 15 is 0 Å². The number of aromatic nitrogens is 2. The van der Waals surface area contributed by atoms with Gasteiger partial charge in [-0.3, -0.25) is 0 Å². The van der Waals surface area contributed by atoms with Gasteiger partial charge in [-0.15, -0.1) is 0 Å². The zero-order valence-corrected chi connectivity index (χ0v) is 11.3. The summed E-state index contributed by atoms with van der Waals surface area (Å²) >= 11 is 7.07. The third-order valence-electron chi connectivity index (χ3n) is 2.74. The van der Waals surface area contributed by atoms with Gasteiger partial charge in [-0.1, -0.05) is 6.07 Å². The van der Waals surface area contributed by atoms with Crippen molar-refractivity contribution in [3.05, 3.63) is 28.8 Å². The minimum Gasteiger partial charge on any atom is -0.328 e. The molecule has 0 saturated heterocycles. The summed E-state index contributed by atoms with van der Waals surface area (Å²) in [5, 5.41) is 0. The van der Waals surface area contributed by atoms with Crippen molar-refractivity contribution in [2.75, 3.05) is 12.0 Å². The van der Waals surface area contributed by atoms with Crippen LogP contribution in [0, 0.1) is 10.6 Å². The lowest BCUT2D eigenvalue weighted by Gasteiger charge is -2.03. The molecule has 17 heavy (non-hydrogen) atoms. The lowest BCUT2D eigenvalue weighted by molar-refractivity contribution is 0.636. The van der Waals surface area contributed by atoms with E-state index in [1.165, 1.54) is 6.07 Å². The molecule has 0 fully saturated rings. The number of nitrogens with one attached hydrogen (secondary N) is 1. The SMILES string of the molecule is CSCCCCn1c(=S)[nH]c2c(F)cccc21. The second-order valence-corrected chi connectivity index (χ2v) is 5.29. The molecule has 0 saturated carbocycles. The van der Waals surface area contributed by atoms with E-state index in [-0.39, 0.29) is 5.82 Å². The maximum Gasteiger partial charge on any atom is 0.178 e. The molecular weight excluding hydrogens is 255 g/mol. The molecule has 1 heterocycles. The first-order chi connectivity index (χ1) is 8.24. The van der Waals surface area contributed by atoms with Gasteiger partial charge >= 0.3 is 0 Å². The molecule has 0 aliphatic heterocycles. The van der Waals surface area contributed by atoms with Gasteiger partial charge in [0.15, 0.2) is 4.77 Å². The number of hydrogen-bond donors (Lipinski definition) is 1. The van der Waals surface area contributed by atoms with E-state index in [1.54, 1.807) is 6.07 Å². The van der Waals surface area contributed by atoms with Crippen LogP contribution in [0.25, 0.3) is 11.0 Å². The largest absolute Gasteiger partial charge is 0.328 e. The Morgan fingerprint density at radius 1 is 1.41 bits per heavy atom. The Morgan fingerprint density at radius 3 is 3.00 bits per heavy atom. The number of nitrogens with zero attached hydrogens (tertiary/aromatic N) is 1. The topological polar surface area (TPSA) is 20.7 Å². The highest BCUT2D eigenvalue weighted by Crippen LogP contribution is 2.18. The average molecular weight is 270 g/mol. The quantitative estimate of drug-likeness (QED) is 0.655. The molecule has 92 valence electrons. The van der Waals surface area contributed by atoms with Crippen molar-refractivity contribution in [3.63, 3.8) is 0 Å². The van der Waals surface area contributed by atoms with Gasteiger partial charge in [-0.25, -0.2) is 4.39 Å². The van der Waals surface area contributed by atoms with Crippen molar-refractivity contribution in [3.8, 4) is 0 Å². The third-order valence-corrected chi connectivity index (χ3v) is 3.76. The van der Waals surface area contributed by atoms with Crippen molar-refractivity contribution in [2.45, 2.75) is 19.4 Å². The molecule has 2 aromatic rings. The Kier molecular flexibility index (Phi) is 4.23. The number of thioether (sulfide) groups is 1. The van der Waals surface area contributed by atoms with E-state index in [4.69, 9.17) is 12.2 Å². The van der Waals surface area contributed by atoms with Gasteiger partial charge in [-0.05, 0) is 49.2 Å². The van der Waals surface area contributed by atoms with Crippen molar-refractivity contribution >= 4 is 35.0 Å². The molecule has 0 bridgehead atoms. The Bertz CT molecular complexity index is 559. The van der Waals surface area contributed by atoms with Crippen LogP contribution in [0.3, 0.4) is 0 Å². The molecule has 0 aliphatic rings. The summed E-state index contributed by atoms with van der Waals surface area (Å²) in [7, 11) is 0. The van der Waals surface area contributed by atoms with Crippen LogP contribution in [0.1, 0.15) is 12.8 Å². The lowest BCUT2D eigenvalue weighted by atomic mass is 10.3. The first-order valence-corrected chi connectivity index (χ1v) is 7.40. The second kappa shape index (κ2) is 5.69. The maximum absolute atomic E-state index is 13.5. The monoisotopic (exact) mass is 270 g/mol. The number of para-hydroxylation sites is 1. The number of benzene rings is 1. The van der Waals surface area contributed by atoms with E-state index in [0.29, 0.717) is 10.3 Å². The predicted octanol–water partition coefficient (Wildman–Crippen LogP) is 3.98. The predicted molar refractivity (Wildman–Crippen MR) is 74.7 cm³/mol. The minimum atomic E-state index is -0.239. The maximum atomic E-state index is 13.5. The number of hydrogen-bond acceptors (Lipinski definition) is 2. The molecule has 0 atom stereocenters. The summed E-state index contributed by atoms with van der Waals surface area (Å²) in [6, 6.07) is 5.07. The molecular formula is C12H15FN2S2. The number of rotatable bonds is 5. The number of unbranched alkanes of at least 4 members (excludes halogenated alkanes) is 1. The first-order valence-electron chi connectivity index (χ1n) is 5.60. The third kappa shape index (κ3) is 2.72. The van der Waals surface area contributed by atoms with Crippen LogP contribution in [0.4, 0.5) is 4.39 Å². The second-order valence-electron chi connectivity index (χ2n) is 3.92. The van der Waals surface area contributed by atoms with Crippen LogP contribution in [-0.4, -0.2) is 21.6 Å². The highest BCUT2D eigenvalue weighted by atomic mass is 32.2. The summed E-state index contributed by atoms with van der Waals surface area (Å²) in [6.07, 6.45) is 4.33. The van der Waals surface area contributed by atoms with Gasteiger partial charge in [0.2, 0.25) is 0 Å².